The molecule has 3 rings (SSSR count). The summed E-state index contributed by atoms with van der Waals surface area (Å²) in [5.41, 5.74) is 3.30. The summed E-state index contributed by atoms with van der Waals surface area (Å²) in [6.07, 6.45) is 3.09. The van der Waals surface area contributed by atoms with Crippen LogP contribution < -0.4 is 15.4 Å². The minimum Gasteiger partial charge on any atom is -0.496 e. The quantitative estimate of drug-likeness (QED) is 0.580. The van der Waals surface area contributed by atoms with Crippen molar-refractivity contribution in [2.45, 2.75) is 12.8 Å². The molecule has 2 aromatic carbocycles. The second-order valence-corrected chi connectivity index (χ2v) is 6.55. The lowest BCUT2D eigenvalue weighted by atomic mass is 10.1. The van der Waals surface area contributed by atoms with Crippen LogP contribution in [0.2, 0.25) is 0 Å². The molecule has 0 aliphatic carbocycles. The van der Waals surface area contributed by atoms with Crippen LogP contribution in [0.5, 0.6) is 5.75 Å². The van der Waals surface area contributed by atoms with Gasteiger partial charge >= 0.3 is 0 Å². The van der Waals surface area contributed by atoms with Gasteiger partial charge in [-0.05, 0) is 54.3 Å². The Balaban J connectivity index is 1.44. The van der Waals surface area contributed by atoms with E-state index in [-0.39, 0.29) is 11.7 Å². The topological polar surface area (TPSA) is 63.2 Å². The van der Waals surface area contributed by atoms with Crippen molar-refractivity contribution in [3.05, 3.63) is 89.5 Å². The zero-order chi connectivity index (χ0) is 20.5. The Bertz CT molecular complexity index is 928. The Kier molecular flexibility index (Phi) is 7.16. The first kappa shape index (κ1) is 20.3. The highest BCUT2D eigenvalue weighted by atomic mass is 19.1. The number of benzene rings is 2. The Morgan fingerprint density at radius 2 is 1.79 bits per heavy atom. The standard InChI is InChI=1S/C23H24FN3O2/c1-29-22-5-3-2-4-18(22)13-15-26-23(28)21-11-10-20(16-27-21)25-14-12-17-6-8-19(24)9-7-17/h2-11,16,25H,12-15H2,1H3,(H,26,28). The predicted octanol–water partition coefficient (Wildman–Crippen LogP) is 3.86. The Morgan fingerprint density at radius 1 is 1.00 bits per heavy atom. The molecule has 1 amide bonds. The number of para-hydroxylation sites is 1. The van der Waals surface area contributed by atoms with E-state index in [1.165, 1.54) is 12.1 Å². The first-order chi connectivity index (χ1) is 14.2. The van der Waals surface area contributed by atoms with Gasteiger partial charge in [0.15, 0.2) is 0 Å². The summed E-state index contributed by atoms with van der Waals surface area (Å²) in [5, 5.41) is 6.13. The number of ether oxygens (including phenoxy) is 1. The number of carbonyl (C=O) groups is 1. The number of carbonyl (C=O) groups excluding carboxylic acids is 1. The molecule has 3 aromatic rings. The Hall–Kier alpha value is -3.41. The highest BCUT2D eigenvalue weighted by molar-refractivity contribution is 5.92. The van der Waals surface area contributed by atoms with Gasteiger partial charge in [-0.2, -0.15) is 0 Å². The van der Waals surface area contributed by atoms with E-state index >= 15 is 0 Å². The van der Waals surface area contributed by atoms with E-state index in [4.69, 9.17) is 4.74 Å². The SMILES string of the molecule is COc1ccccc1CCNC(=O)c1ccc(NCCc2ccc(F)cc2)cn1. The second kappa shape index (κ2) is 10.2. The number of amides is 1. The number of nitrogens with one attached hydrogen (secondary N) is 2. The highest BCUT2D eigenvalue weighted by Gasteiger charge is 2.08. The van der Waals surface area contributed by atoms with Gasteiger partial charge in [-0.15, -0.1) is 0 Å². The monoisotopic (exact) mass is 393 g/mol. The normalized spacial score (nSPS) is 10.4. The molecule has 0 saturated carbocycles. The van der Waals surface area contributed by atoms with Gasteiger partial charge in [-0.25, -0.2) is 9.37 Å². The van der Waals surface area contributed by atoms with Crippen molar-refractivity contribution in [2.24, 2.45) is 0 Å². The number of pyridine rings is 1. The lowest BCUT2D eigenvalue weighted by Crippen LogP contribution is -2.26. The Morgan fingerprint density at radius 3 is 2.52 bits per heavy atom. The van der Waals surface area contributed by atoms with Crippen molar-refractivity contribution in [2.75, 3.05) is 25.5 Å². The summed E-state index contributed by atoms with van der Waals surface area (Å²) in [5.74, 6) is 0.372. The van der Waals surface area contributed by atoms with E-state index in [2.05, 4.69) is 15.6 Å². The number of methoxy groups -OCH3 is 1. The predicted molar refractivity (Wildman–Crippen MR) is 112 cm³/mol. The van der Waals surface area contributed by atoms with E-state index in [1.807, 2.05) is 30.3 Å². The van der Waals surface area contributed by atoms with Crippen molar-refractivity contribution in [3.8, 4) is 5.75 Å². The average Bonchev–Trinajstić information content (AvgIpc) is 2.76. The third-order valence-corrected chi connectivity index (χ3v) is 4.52. The molecule has 0 saturated heterocycles. The molecular weight excluding hydrogens is 369 g/mol. The number of halogens is 1. The van der Waals surface area contributed by atoms with Crippen LogP contribution in [-0.2, 0) is 12.8 Å². The van der Waals surface area contributed by atoms with Crippen molar-refractivity contribution in [3.63, 3.8) is 0 Å². The fourth-order valence-corrected chi connectivity index (χ4v) is 2.95. The van der Waals surface area contributed by atoms with Gasteiger partial charge in [0, 0.05) is 13.1 Å². The number of anilines is 1. The van der Waals surface area contributed by atoms with Crippen molar-refractivity contribution < 1.29 is 13.9 Å². The molecule has 2 N–H and O–H groups in total. The molecule has 0 unspecified atom stereocenters. The van der Waals surface area contributed by atoms with Gasteiger partial charge in [0.2, 0.25) is 0 Å². The molecule has 0 fully saturated rings. The number of hydrogen-bond acceptors (Lipinski definition) is 4. The van der Waals surface area contributed by atoms with Crippen molar-refractivity contribution in [1.82, 2.24) is 10.3 Å². The molecule has 0 aliphatic heterocycles. The van der Waals surface area contributed by atoms with Crippen LogP contribution in [0.3, 0.4) is 0 Å². The first-order valence-electron chi connectivity index (χ1n) is 9.50. The zero-order valence-electron chi connectivity index (χ0n) is 16.3. The largest absolute Gasteiger partial charge is 0.496 e. The molecule has 150 valence electrons. The molecule has 1 heterocycles. The van der Waals surface area contributed by atoms with Crippen LogP contribution in [0.25, 0.3) is 0 Å². The molecule has 29 heavy (non-hydrogen) atoms. The maximum absolute atomic E-state index is 12.9. The fourth-order valence-electron chi connectivity index (χ4n) is 2.95. The number of nitrogens with zero attached hydrogens (tertiary/aromatic N) is 1. The van der Waals surface area contributed by atoms with Crippen LogP contribution in [0.1, 0.15) is 21.6 Å². The van der Waals surface area contributed by atoms with Crippen LogP contribution >= 0.6 is 0 Å². The van der Waals surface area contributed by atoms with Gasteiger partial charge in [0.05, 0.1) is 19.0 Å². The van der Waals surface area contributed by atoms with E-state index < -0.39 is 0 Å². The molecule has 0 atom stereocenters. The minimum absolute atomic E-state index is 0.210. The Labute approximate surface area is 169 Å². The van der Waals surface area contributed by atoms with E-state index in [9.17, 15) is 9.18 Å². The second-order valence-electron chi connectivity index (χ2n) is 6.55. The third-order valence-electron chi connectivity index (χ3n) is 4.52. The summed E-state index contributed by atoms with van der Waals surface area (Å²) in [6, 6.07) is 17.7. The molecule has 0 bridgehead atoms. The molecule has 5 nitrogen and oxygen atoms in total. The highest BCUT2D eigenvalue weighted by Crippen LogP contribution is 2.17. The van der Waals surface area contributed by atoms with Crippen LogP contribution in [0.15, 0.2) is 66.9 Å². The van der Waals surface area contributed by atoms with Gasteiger partial charge in [-0.3, -0.25) is 4.79 Å². The summed E-state index contributed by atoms with van der Waals surface area (Å²) in [7, 11) is 1.64. The maximum atomic E-state index is 12.9. The van der Waals surface area contributed by atoms with Crippen molar-refractivity contribution >= 4 is 11.6 Å². The lowest BCUT2D eigenvalue weighted by molar-refractivity contribution is 0.0949. The van der Waals surface area contributed by atoms with E-state index in [0.717, 1.165) is 29.0 Å². The van der Waals surface area contributed by atoms with E-state index in [0.29, 0.717) is 25.2 Å². The number of rotatable bonds is 9. The smallest absolute Gasteiger partial charge is 0.269 e. The van der Waals surface area contributed by atoms with Crippen LogP contribution in [-0.4, -0.2) is 31.1 Å². The first-order valence-corrected chi connectivity index (χ1v) is 9.50. The zero-order valence-corrected chi connectivity index (χ0v) is 16.3. The minimum atomic E-state index is -0.234. The lowest BCUT2D eigenvalue weighted by Gasteiger charge is -2.09. The van der Waals surface area contributed by atoms with Crippen LogP contribution in [0, 0.1) is 5.82 Å². The maximum Gasteiger partial charge on any atom is 0.269 e. The fraction of sp³-hybridized carbons (Fsp3) is 0.217. The van der Waals surface area contributed by atoms with Crippen LogP contribution in [0.4, 0.5) is 10.1 Å². The average molecular weight is 393 g/mol. The molecule has 1 aromatic heterocycles. The molecule has 0 radical (unpaired) electrons. The molecule has 6 heteroatoms. The van der Waals surface area contributed by atoms with E-state index in [1.54, 1.807) is 31.5 Å². The number of hydrogen-bond donors (Lipinski definition) is 2. The summed E-state index contributed by atoms with van der Waals surface area (Å²) in [6.45, 7) is 1.19. The molecular formula is C23H24FN3O2. The molecule has 0 aliphatic rings. The molecule has 0 spiro atoms. The third kappa shape index (κ3) is 6.04. The summed E-state index contributed by atoms with van der Waals surface area (Å²) >= 11 is 0. The summed E-state index contributed by atoms with van der Waals surface area (Å²) in [4.78, 5) is 16.5. The van der Waals surface area contributed by atoms with Gasteiger partial charge in [-0.1, -0.05) is 30.3 Å². The van der Waals surface area contributed by atoms with Gasteiger partial charge < -0.3 is 15.4 Å². The van der Waals surface area contributed by atoms with Gasteiger partial charge in [0.1, 0.15) is 17.3 Å². The summed E-state index contributed by atoms with van der Waals surface area (Å²) < 4.78 is 18.2. The van der Waals surface area contributed by atoms with Gasteiger partial charge in [0.25, 0.3) is 5.91 Å². The number of aromatic nitrogens is 1. The van der Waals surface area contributed by atoms with Crippen molar-refractivity contribution in [1.29, 1.82) is 0 Å².